The van der Waals surface area contributed by atoms with Crippen LogP contribution in [0.15, 0.2) is 48.8 Å². The number of nitrogens with two attached hydrogens (primary N) is 1. The van der Waals surface area contributed by atoms with E-state index >= 15 is 0 Å². The Morgan fingerprint density at radius 1 is 1.19 bits per heavy atom. The van der Waals surface area contributed by atoms with Gasteiger partial charge in [-0.3, -0.25) is 14.6 Å². The Kier molecular flexibility index (Phi) is 11.9. The number of carbonyl (C=O) groups excluding carboxylic acids is 2. The second-order valence-corrected chi connectivity index (χ2v) is 7.17. The van der Waals surface area contributed by atoms with Gasteiger partial charge in [0.2, 0.25) is 5.91 Å². The van der Waals surface area contributed by atoms with Gasteiger partial charge in [0.15, 0.2) is 0 Å². The van der Waals surface area contributed by atoms with Crippen LogP contribution in [0.5, 0.6) is 5.75 Å². The summed E-state index contributed by atoms with van der Waals surface area (Å²) in [5, 5.41) is 2.90. The molecule has 2 amide bonds. The van der Waals surface area contributed by atoms with Gasteiger partial charge < -0.3 is 20.7 Å². The number of ether oxygens (including phenoxy) is 1. The predicted octanol–water partition coefficient (Wildman–Crippen LogP) is 2.96. The van der Waals surface area contributed by atoms with Crippen molar-refractivity contribution in [2.45, 2.75) is 38.3 Å². The van der Waals surface area contributed by atoms with Crippen LogP contribution >= 0.6 is 24.8 Å². The van der Waals surface area contributed by atoms with Gasteiger partial charge in [-0.15, -0.1) is 24.8 Å². The van der Waals surface area contributed by atoms with Crippen molar-refractivity contribution in [1.29, 1.82) is 0 Å². The Hall–Kier alpha value is -2.35. The van der Waals surface area contributed by atoms with Crippen LogP contribution in [0.4, 0.5) is 0 Å². The third-order valence-corrected chi connectivity index (χ3v) is 5.00. The molecule has 31 heavy (non-hydrogen) atoms. The fourth-order valence-corrected chi connectivity index (χ4v) is 3.47. The van der Waals surface area contributed by atoms with E-state index in [-0.39, 0.29) is 42.7 Å². The number of halogens is 2. The number of carbonyl (C=O) groups is 2. The first-order valence-electron chi connectivity index (χ1n) is 10.1. The average molecular weight is 469 g/mol. The molecule has 7 nitrogen and oxygen atoms in total. The molecule has 1 aromatic heterocycles. The molecule has 0 radical (unpaired) electrons. The molecule has 1 saturated heterocycles. The van der Waals surface area contributed by atoms with Gasteiger partial charge in [-0.05, 0) is 43.5 Å². The molecule has 170 valence electrons. The van der Waals surface area contributed by atoms with Gasteiger partial charge in [0, 0.05) is 55.6 Å². The van der Waals surface area contributed by atoms with Crippen molar-refractivity contribution in [3.8, 4) is 5.75 Å². The minimum Gasteiger partial charge on any atom is -0.489 e. The number of pyridine rings is 1. The van der Waals surface area contributed by atoms with Gasteiger partial charge in [0.1, 0.15) is 12.4 Å². The van der Waals surface area contributed by atoms with E-state index in [9.17, 15) is 9.59 Å². The van der Waals surface area contributed by atoms with Gasteiger partial charge >= 0.3 is 0 Å². The van der Waals surface area contributed by atoms with Gasteiger partial charge in [-0.25, -0.2) is 0 Å². The molecule has 1 atom stereocenters. The Morgan fingerprint density at radius 3 is 2.77 bits per heavy atom. The predicted molar refractivity (Wildman–Crippen MR) is 125 cm³/mol. The second kappa shape index (κ2) is 13.9. The van der Waals surface area contributed by atoms with Crippen molar-refractivity contribution in [1.82, 2.24) is 15.2 Å². The summed E-state index contributed by atoms with van der Waals surface area (Å²) in [5.41, 5.74) is 6.98. The van der Waals surface area contributed by atoms with Crippen molar-refractivity contribution < 1.29 is 14.3 Å². The van der Waals surface area contributed by atoms with Gasteiger partial charge in [-0.1, -0.05) is 12.1 Å². The number of likely N-dealkylation sites (tertiary alicyclic amines) is 1. The van der Waals surface area contributed by atoms with E-state index in [2.05, 4.69) is 10.3 Å². The van der Waals surface area contributed by atoms with Gasteiger partial charge in [0.25, 0.3) is 5.91 Å². The first kappa shape index (κ1) is 26.7. The zero-order valence-electron chi connectivity index (χ0n) is 17.4. The van der Waals surface area contributed by atoms with E-state index in [1.165, 1.54) is 0 Å². The molecule has 1 aliphatic rings. The largest absolute Gasteiger partial charge is 0.489 e. The Morgan fingerprint density at radius 2 is 2.03 bits per heavy atom. The highest BCUT2D eigenvalue weighted by atomic mass is 35.5. The summed E-state index contributed by atoms with van der Waals surface area (Å²) < 4.78 is 5.82. The minimum atomic E-state index is -0.0729. The zero-order chi connectivity index (χ0) is 20.5. The highest BCUT2D eigenvalue weighted by Crippen LogP contribution is 2.22. The number of nitrogens with zero attached hydrogens (tertiary/aromatic N) is 2. The van der Waals surface area contributed by atoms with Crippen LogP contribution in [-0.2, 0) is 11.4 Å². The molecule has 1 fully saturated rings. The highest BCUT2D eigenvalue weighted by Gasteiger charge is 2.27. The number of amides is 2. The lowest BCUT2D eigenvalue weighted by molar-refractivity contribution is -0.121. The van der Waals surface area contributed by atoms with Crippen LogP contribution in [0, 0.1) is 0 Å². The molecular weight excluding hydrogens is 439 g/mol. The normalized spacial score (nSPS) is 15.3. The Bertz CT molecular complexity index is 823. The number of piperidine rings is 1. The maximum absolute atomic E-state index is 13.1. The molecule has 1 unspecified atom stereocenters. The van der Waals surface area contributed by atoms with E-state index < -0.39 is 0 Å². The van der Waals surface area contributed by atoms with E-state index in [4.69, 9.17) is 10.5 Å². The quantitative estimate of drug-likeness (QED) is 0.620. The molecule has 3 N–H and O–H groups in total. The fourth-order valence-electron chi connectivity index (χ4n) is 3.47. The van der Waals surface area contributed by atoms with Crippen LogP contribution in [0.1, 0.15) is 41.6 Å². The highest BCUT2D eigenvalue weighted by molar-refractivity contribution is 5.95. The monoisotopic (exact) mass is 468 g/mol. The fraction of sp³-hybridized carbons (Fsp3) is 0.409. The molecule has 9 heteroatoms. The maximum Gasteiger partial charge on any atom is 0.254 e. The number of rotatable bonds is 8. The Balaban J connectivity index is 0.00000240. The molecule has 2 heterocycles. The van der Waals surface area contributed by atoms with Crippen LogP contribution in [0.25, 0.3) is 0 Å². The van der Waals surface area contributed by atoms with E-state index in [0.29, 0.717) is 44.0 Å². The number of benzene rings is 1. The molecule has 0 spiro atoms. The SMILES string of the molecule is Cl.Cl.NCCC(=O)NCC1CCCCN1C(=O)c1cccc(OCc2cccnc2)c1. The molecule has 0 saturated carbocycles. The maximum atomic E-state index is 13.1. The van der Waals surface area contributed by atoms with Crippen LogP contribution in [-0.4, -0.2) is 47.4 Å². The van der Waals surface area contributed by atoms with Crippen LogP contribution in [0.3, 0.4) is 0 Å². The molecule has 0 aliphatic carbocycles. The molecule has 2 aromatic rings. The van der Waals surface area contributed by atoms with Gasteiger partial charge in [-0.2, -0.15) is 0 Å². The lowest BCUT2D eigenvalue weighted by Gasteiger charge is -2.36. The number of hydrogen-bond donors (Lipinski definition) is 2. The third kappa shape index (κ3) is 8.01. The van der Waals surface area contributed by atoms with Crippen LogP contribution in [0.2, 0.25) is 0 Å². The summed E-state index contributed by atoms with van der Waals surface area (Å²) in [6.07, 6.45) is 6.68. The van der Waals surface area contributed by atoms with Crippen molar-refractivity contribution in [2.75, 3.05) is 19.6 Å². The van der Waals surface area contributed by atoms with Crippen molar-refractivity contribution in [2.24, 2.45) is 5.73 Å². The zero-order valence-corrected chi connectivity index (χ0v) is 19.0. The summed E-state index contributed by atoms with van der Waals surface area (Å²) in [4.78, 5) is 30.8. The summed E-state index contributed by atoms with van der Waals surface area (Å²) >= 11 is 0. The Labute approximate surface area is 195 Å². The first-order valence-corrected chi connectivity index (χ1v) is 10.1. The molecule has 1 aromatic carbocycles. The summed E-state index contributed by atoms with van der Waals surface area (Å²) in [7, 11) is 0. The van der Waals surface area contributed by atoms with Crippen molar-refractivity contribution in [3.05, 3.63) is 59.9 Å². The number of aromatic nitrogens is 1. The molecule has 3 rings (SSSR count). The van der Waals surface area contributed by atoms with Crippen molar-refractivity contribution >= 4 is 36.6 Å². The third-order valence-electron chi connectivity index (χ3n) is 5.00. The molecule has 1 aliphatic heterocycles. The van der Waals surface area contributed by atoms with E-state index in [1.807, 2.05) is 29.2 Å². The average Bonchev–Trinajstić information content (AvgIpc) is 2.77. The standard InChI is InChI=1S/C22H28N4O3.2ClH/c23-10-9-21(27)25-15-19-7-1-2-12-26(19)22(28)18-6-3-8-20(13-18)29-16-17-5-4-11-24-14-17;;/h3-6,8,11,13-14,19H,1-2,7,9-10,12,15-16,23H2,(H,25,27);2*1H. The van der Waals surface area contributed by atoms with Crippen LogP contribution < -0.4 is 15.8 Å². The van der Waals surface area contributed by atoms with E-state index in [0.717, 1.165) is 24.8 Å². The number of hydrogen-bond acceptors (Lipinski definition) is 5. The minimum absolute atomic E-state index is 0. The smallest absolute Gasteiger partial charge is 0.254 e. The van der Waals surface area contributed by atoms with Gasteiger partial charge in [0.05, 0.1) is 0 Å². The first-order chi connectivity index (χ1) is 14.2. The summed E-state index contributed by atoms with van der Waals surface area (Å²) in [6, 6.07) is 11.1. The molecular formula is C22H30Cl2N4O3. The molecule has 0 bridgehead atoms. The lowest BCUT2D eigenvalue weighted by atomic mass is 10.0. The lowest BCUT2D eigenvalue weighted by Crippen LogP contribution is -2.49. The van der Waals surface area contributed by atoms with Crippen molar-refractivity contribution in [3.63, 3.8) is 0 Å². The number of nitrogens with one attached hydrogen (secondary N) is 1. The van der Waals surface area contributed by atoms with E-state index in [1.54, 1.807) is 24.5 Å². The summed E-state index contributed by atoms with van der Waals surface area (Å²) in [5.74, 6) is 0.537. The topological polar surface area (TPSA) is 97.6 Å². The second-order valence-electron chi connectivity index (χ2n) is 7.17. The summed E-state index contributed by atoms with van der Waals surface area (Å²) in [6.45, 7) is 1.87.